The van der Waals surface area contributed by atoms with Crippen LogP contribution < -0.4 is 4.90 Å². The van der Waals surface area contributed by atoms with Crippen molar-refractivity contribution in [1.29, 1.82) is 0 Å². The van der Waals surface area contributed by atoms with Crippen LogP contribution in [0.15, 0.2) is 30.3 Å². The number of para-hydroxylation sites is 1. The number of unbranched alkanes of at least 4 members (excludes halogenated alkanes) is 1. The van der Waals surface area contributed by atoms with E-state index < -0.39 is 5.97 Å². The summed E-state index contributed by atoms with van der Waals surface area (Å²) < 4.78 is 4.73. The maximum absolute atomic E-state index is 11.7. The second-order valence-electron chi connectivity index (χ2n) is 4.45. The van der Waals surface area contributed by atoms with E-state index >= 15 is 0 Å². The van der Waals surface area contributed by atoms with Gasteiger partial charge in [0, 0.05) is 12.2 Å². The summed E-state index contributed by atoms with van der Waals surface area (Å²) in [4.78, 5) is 18.4. The van der Waals surface area contributed by atoms with Crippen LogP contribution in [0.4, 0.5) is 10.8 Å². The van der Waals surface area contributed by atoms with Gasteiger partial charge in [-0.2, -0.15) is 0 Å². The fourth-order valence-corrected chi connectivity index (χ4v) is 3.13. The molecule has 0 N–H and O–H groups in total. The van der Waals surface area contributed by atoms with E-state index in [4.69, 9.17) is 16.3 Å². The zero-order valence-corrected chi connectivity index (χ0v) is 13.6. The highest BCUT2D eigenvalue weighted by atomic mass is 35.5. The molecule has 0 aliphatic rings. The van der Waals surface area contributed by atoms with Crippen molar-refractivity contribution in [1.82, 2.24) is 4.98 Å². The second kappa shape index (κ2) is 7.43. The van der Waals surface area contributed by atoms with Crippen LogP contribution in [0.3, 0.4) is 0 Å². The lowest BCUT2D eigenvalue weighted by atomic mass is 10.2. The molecule has 0 bridgehead atoms. The Morgan fingerprint density at radius 2 is 2.10 bits per heavy atom. The van der Waals surface area contributed by atoms with E-state index in [1.165, 1.54) is 18.4 Å². The van der Waals surface area contributed by atoms with Gasteiger partial charge in [0.05, 0.1) is 7.11 Å². The van der Waals surface area contributed by atoms with Gasteiger partial charge in [-0.15, -0.1) is 0 Å². The summed E-state index contributed by atoms with van der Waals surface area (Å²) in [6.07, 6.45) is 2.10. The minimum Gasteiger partial charge on any atom is -0.465 e. The number of methoxy groups -OCH3 is 1. The Morgan fingerprint density at radius 1 is 1.38 bits per heavy atom. The van der Waals surface area contributed by atoms with E-state index in [0.29, 0.717) is 10.0 Å². The highest BCUT2D eigenvalue weighted by Crippen LogP contribution is 2.34. The molecule has 0 unspecified atom stereocenters. The van der Waals surface area contributed by atoms with Gasteiger partial charge in [0.25, 0.3) is 0 Å². The van der Waals surface area contributed by atoms with Crippen molar-refractivity contribution in [3.63, 3.8) is 0 Å². The summed E-state index contributed by atoms with van der Waals surface area (Å²) in [6.45, 7) is 2.96. The Morgan fingerprint density at radius 3 is 2.71 bits per heavy atom. The number of thiazole rings is 1. The third kappa shape index (κ3) is 3.74. The van der Waals surface area contributed by atoms with E-state index in [2.05, 4.69) is 16.8 Å². The number of aromatic nitrogens is 1. The van der Waals surface area contributed by atoms with Crippen LogP contribution in [0.5, 0.6) is 0 Å². The molecule has 0 atom stereocenters. The SMILES string of the molecule is CCCCN(c1ccccc1)c1nc(Cl)c(C(=O)OC)s1. The van der Waals surface area contributed by atoms with Crippen LogP contribution in [0, 0.1) is 0 Å². The maximum Gasteiger partial charge on any atom is 0.351 e. The van der Waals surface area contributed by atoms with Crippen LogP contribution in [0.2, 0.25) is 5.15 Å². The number of halogens is 1. The van der Waals surface area contributed by atoms with E-state index in [1.807, 2.05) is 30.3 Å². The van der Waals surface area contributed by atoms with Gasteiger partial charge in [0.2, 0.25) is 0 Å². The van der Waals surface area contributed by atoms with Crippen LogP contribution in [0.1, 0.15) is 29.4 Å². The lowest BCUT2D eigenvalue weighted by molar-refractivity contribution is 0.0606. The molecule has 1 aromatic heterocycles. The van der Waals surface area contributed by atoms with Gasteiger partial charge in [0.1, 0.15) is 0 Å². The van der Waals surface area contributed by atoms with E-state index in [1.54, 1.807) is 0 Å². The van der Waals surface area contributed by atoms with Crippen LogP contribution >= 0.6 is 22.9 Å². The third-order valence-electron chi connectivity index (χ3n) is 2.98. The molecule has 0 fully saturated rings. The fourth-order valence-electron chi connectivity index (χ4n) is 1.88. The molecule has 112 valence electrons. The van der Waals surface area contributed by atoms with Crippen molar-refractivity contribution in [3.8, 4) is 0 Å². The zero-order valence-electron chi connectivity index (χ0n) is 12.0. The van der Waals surface area contributed by atoms with Gasteiger partial charge >= 0.3 is 5.97 Å². The summed E-state index contributed by atoms with van der Waals surface area (Å²) in [5.74, 6) is -0.452. The molecule has 1 heterocycles. The number of rotatable bonds is 6. The van der Waals surface area contributed by atoms with Gasteiger partial charge in [-0.25, -0.2) is 9.78 Å². The molecule has 0 saturated heterocycles. The molecule has 2 rings (SSSR count). The maximum atomic E-state index is 11.7. The van der Waals surface area contributed by atoms with E-state index in [-0.39, 0.29) is 5.15 Å². The Kier molecular flexibility index (Phi) is 5.59. The molecule has 2 aromatic rings. The fraction of sp³-hybridized carbons (Fsp3) is 0.333. The molecule has 4 nitrogen and oxygen atoms in total. The molecule has 0 spiro atoms. The van der Waals surface area contributed by atoms with Crippen molar-refractivity contribution >= 4 is 39.7 Å². The lowest BCUT2D eigenvalue weighted by Gasteiger charge is -2.21. The zero-order chi connectivity index (χ0) is 15.2. The van der Waals surface area contributed by atoms with E-state index in [9.17, 15) is 4.79 Å². The molecule has 0 amide bonds. The number of carbonyl (C=O) groups excluding carboxylic acids is 1. The number of anilines is 2. The number of hydrogen-bond acceptors (Lipinski definition) is 5. The van der Waals surface area contributed by atoms with Crippen molar-refractivity contribution in [3.05, 3.63) is 40.4 Å². The minimum absolute atomic E-state index is 0.194. The highest BCUT2D eigenvalue weighted by molar-refractivity contribution is 7.18. The van der Waals surface area contributed by atoms with Crippen molar-refractivity contribution < 1.29 is 9.53 Å². The molecule has 21 heavy (non-hydrogen) atoms. The summed E-state index contributed by atoms with van der Waals surface area (Å²) in [7, 11) is 1.34. The van der Waals surface area contributed by atoms with Crippen molar-refractivity contribution in [2.24, 2.45) is 0 Å². The van der Waals surface area contributed by atoms with Gasteiger partial charge in [0.15, 0.2) is 15.2 Å². The molecule has 1 aromatic carbocycles. The van der Waals surface area contributed by atoms with Gasteiger partial charge < -0.3 is 9.64 Å². The third-order valence-corrected chi connectivity index (χ3v) is 4.42. The van der Waals surface area contributed by atoms with Crippen LogP contribution in [-0.4, -0.2) is 24.6 Å². The first-order valence-corrected chi connectivity index (χ1v) is 7.94. The van der Waals surface area contributed by atoms with Gasteiger partial charge in [-0.1, -0.05) is 54.5 Å². The Hall–Kier alpha value is -1.59. The molecule has 0 saturated carbocycles. The van der Waals surface area contributed by atoms with Crippen LogP contribution in [-0.2, 0) is 4.74 Å². The molecular formula is C15H17ClN2O2S. The monoisotopic (exact) mass is 324 g/mol. The Labute approximate surface area is 133 Å². The number of benzene rings is 1. The average molecular weight is 325 g/mol. The highest BCUT2D eigenvalue weighted by Gasteiger charge is 2.21. The molecule has 0 aliphatic heterocycles. The largest absolute Gasteiger partial charge is 0.465 e. The summed E-state index contributed by atoms with van der Waals surface area (Å²) >= 11 is 7.31. The molecular weight excluding hydrogens is 308 g/mol. The summed E-state index contributed by atoms with van der Waals surface area (Å²) in [6, 6.07) is 9.96. The number of nitrogens with zero attached hydrogens (tertiary/aromatic N) is 2. The minimum atomic E-state index is -0.452. The van der Waals surface area contributed by atoms with Gasteiger partial charge in [-0.3, -0.25) is 0 Å². The number of ether oxygens (including phenoxy) is 1. The number of carbonyl (C=O) groups is 1. The Balaban J connectivity index is 2.35. The predicted octanol–water partition coefficient (Wildman–Crippen LogP) is 4.52. The number of hydrogen-bond donors (Lipinski definition) is 0. The summed E-state index contributed by atoms with van der Waals surface area (Å²) in [5.41, 5.74) is 1.03. The number of esters is 1. The standard InChI is InChI=1S/C15H17ClN2O2S/c1-3-4-10-18(11-8-6-5-7-9-11)15-17-13(16)12(21-15)14(19)20-2/h5-9H,3-4,10H2,1-2H3. The normalized spacial score (nSPS) is 10.4. The van der Waals surface area contributed by atoms with Crippen molar-refractivity contribution in [2.45, 2.75) is 19.8 Å². The summed E-state index contributed by atoms with van der Waals surface area (Å²) in [5, 5.41) is 0.902. The van der Waals surface area contributed by atoms with E-state index in [0.717, 1.165) is 25.1 Å². The second-order valence-corrected chi connectivity index (χ2v) is 5.78. The van der Waals surface area contributed by atoms with Crippen LogP contribution in [0.25, 0.3) is 0 Å². The topological polar surface area (TPSA) is 42.4 Å². The van der Waals surface area contributed by atoms with Gasteiger partial charge in [-0.05, 0) is 18.6 Å². The quantitative estimate of drug-likeness (QED) is 0.733. The molecule has 0 radical (unpaired) electrons. The lowest BCUT2D eigenvalue weighted by Crippen LogP contribution is -2.17. The Bertz CT molecular complexity index is 601. The first kappa shape index (κ1) is 15.8. The first-order valence-electron chi connectivity index (χ1n) is 6.74. The average Bonchev–Trinajstić information content (AvgIpc) is 2.90. The van der Waals surface area contributed by atoms with Crippen molar-refractivity contribution in [2.75, 3.05) is 18.6 Å². The first-order chi connectivity index (χ1) is 10.2. The molecule has 6 heteroatoms. The predicted molar refractivity (Wildman–Crippen MR) is 86.8 cm³/mol. The molecule has 0 aliphatic carbocycles. The smallest absolute Gasteiger partial charge is 0.351 e.